The SMILES string of the molecule is O=C1CCCOCCCCCCCCCCCO1. The Morgan fingerprint density at radius 1 is 0.611 bits per heavy atom. The molecule has 0 aromatic carbocycles. The molecule has 3 nitrogen and oxygen atoms in total. The van der Waals surface area contributed by atoms with Crippen LogP contribution in [0.1, 0.15) is 70.6 Å². The molecule has 18 heavy (non-hydrogen) atoms. The molecule has 0 unspecified atom stereocenters. The molecule has 0 bridgehead atoms. The molecule has 1 rings (SSSR count). The lowest BCUT2D eigenvalue weighted by Gasteiger charge is -2.05. The molecular formula is C15H28O3. The van der Waals surface area contributed by atoms with Crippen LogP contribution in [-0.4, -0.2) is 25.8 Å². The van der Waals surface area contributed by atoms with Crippen molar-refractivity contribution in [3.05, 3.63) is 0 Å². The topological polar surface area (TPSA) is 35.5 Å². The number of rotatable bonds is 0. The van der Waals surface area contributed by atoms with Crippen molar-refractivity contribution in [1.29, 1.82) is 0 Å². The van der Waals surface area contributed by atoms with Crippen molar-refractivity contribution in [2.45, 2.75) is 70.6 Å². The van der Waals surface area contributed by atoms with Crippen LogP contribution in [0, 0.1) is 0 Å². The molecule has 1 aliphatic rings. The molecule has 0 N–H and O–H groups in total. The number of ether oxygens (including phenoxy) is 2. The molecule has 3 heteroatoms. The van der Waals surface area contributed by atoms with E-state index in [1.54, 1.807) is 0 Å². The first-order chi connectivity index (χ1) is 8.89. The number of hydrogen-bond donors (Lipinski definition) is 0. The molecule has 1 heterocycles. The normalized spacial score (nSPS) is 23.0. The van der Waals surface area contributed by atoms with E-state index in [0.29, 0.717) is 19.6 Å². The maximum Gasteiger partial charge on any atom is 0.305 e. The Kier molecular flexibility index (Phi) is 9.91. The van der Waals surface area contributed by atoms with E-state index < -0.39 is 0 Å². The van der Waals surface area contributed by atoms with E-state index in [9.17, 15) is 4.79 Å². The molecule has 0 saturated carbocycles. The minimum Gasteiger partial charge on any atom is -0.466 e. The number of esters is 1. The third-order valence-corrected chi connectivity index (χ3v) is 3.37. The molecule has 0 aliphatic carbocycles. The van der Waals surface area contributed by atoms with Crippen LogP contribution in [0.3, 0.4) is 0 Å². The van der Waals surface area contributed by atoms with Gasteiger partial charge in [0.05, 0.1) is 6.61 Å². The first-order valence-corrected chi connectivity index (χ1v) is 7.63. The molecule has 0 spiro atoms. The molecule has 0 radical (unpaired) electrons. The third-order valence-electron chi connectivity index (χ3n) is 3.37. The summed E-state index contributed by atoms with van der Waals surface area (Å²) >= 11 is 0. The van der Waals surface area contributed by atoms with Gasteiger partial charge in [0.25, 0.3) is 0 Å². The summed E-state index contributed by atoms with van der Waals surface area (Å²) in [4.78, 5) is 11.4. The fourth-order valence-corrected chi connectivity index (χ4v) is 2.22. The quantitative estimate of drug-likeness (QED) is 0.617. The van der Waals surface area contributed by atoms with Crippen molar-refractivity contribution in [1.82, 2.24) is 0 Å². The van der Waals surface area contributed by atoms with Crippen LogP contribution in [0.15, 0.2) is 0 Å². The van der Waals surface area contributed by atoms with Crippen LogP contribution in [0.5, 0.6) is 0 Å². The summed E-state index contributed by atoms with van der Waals surface area (Å²) in [6, 6.07) is 0. The van der Waals surface area contributed by atoms with Crippen molar-refractivity contribution < 1.29 is 14.3 Å². The summed E-state index contributed by atoms with van der Waals surface area (Å²) in [6.07, 6.45) is 12.6. The first kappa shape index (κ1) is 15.5. The monoisotopic (exact) mass is 256 g/mol. The lowest BCUT2D eigenvalue weighted by molar-refractivity contribution is -0.144. The van der Waals surface area contributed by atoms with E-state index >= 15 is 0 Å². The Balaban J connectivity index is 2.11. The number of carbonyl (C=O) groups is 1. The largest absolute Gasteiger partial charge is 0.466 e. The molecule has 1 fully saturated rings. The zero-order valence-corrected chi connectivity index (χ0v) is 11.6. The maximum atomic E-state index is 11.4. The van der Waals surface area contributed by atoms with Gasteiger partial charge >= 0.3 is 5.97 Å². The third kappa shape index (κ3) is 9.46. The molecule has 1 saturated heterocycles. The van der Waals surface area contributed by atoms with Gasteiger partial charge in [-0.15, -0.1) is 0 Å². The van der Waals surface area contributed by atoms with Crippen LogP contribution in [0.25, 0.3) is 0 Å². The van der Waals surface area contributed by atoms with Gasteiger partial charge in [-0.2, -0.15) is 0 Å². The highest BCUT2D eigenvalue weighted by Crippen LogP contribution is 2.10. The summed E-state index contributed by atoms with van der Waals surface area (Å²) in [5.41, 5.74) is 0. The van der Waals surface area contributed by atoms with Crippen LogP contribution in [0.4, 0.5) is 0 Å². The van der Waals surface area contributed by atoms with Gasteiger partial charge in [0.1, 0.15) is 0 Å². The van der Waals surface area contributed by atoms with Crippen LogP contribution in [0.2, 0.25) is 0 Å². The second-order valence-corrected chi connectivity index (χ2v) is 5.12. The molecule has 0 amide bonds. The highest BCUT2D eigenvalue weighted by Gasteiger charge is 2.03. The number of hydrogen-bond acceptors (Lipinski definition) is 3. The van der Waals surface area contributed by atoms with Crippen molar-refractivity contribution in [3.63, 3.8) is 0 Å². The van der Waals surface area contributed by atoms with Gasteiger partial charge in [-0.3, -0.25) is 4.79 Å². The summed E-state index contributed by atoms with van der Waals surface area (Å²) in [6.45, 7) is 2.13. The van der Waals surface area contributed by atoms with E-state index in [4.69, 9.17) is 9.47 Å². The van der Waals surface area contributed by atoms with Crippen molar-refractivity contribution in [3.8, 4) is 0 Å². The maximum absolute atomic E-state index is 11.4. The Hall–Kier alpha value is -0.570. The smallest absolute Gasteiger partial charge is 0.305 e. The van der Waals surface area contributed by atoms with Gasteiger partial charge in [-0.25, -0.2) is 0 Å². The van der Waals surface area contributed by atoms with Gasteiger partial charge < -0.3 is 9.47 Å². The predicted molar refractivity (Wildman–Crippen MR) is 72.6 cm³/mol. The van der Waals surface area contributed by atoms with E-state index in [1.807, 2.05) is 0 Å². The second-order valence-electron chi connectivity index (χ2n) is 5.12. The van der Waals surface area contributed by atoms with E-state index in [2.05, 4.69) is 0 Å². The summed E-state index contributed by atoms with van der Waals surface area (Å²) in [5, 5.41) is 0. The minimum atomic E-state index is -0.0667. The van der Waals surface area contributed by atoms with Crippen molar-refractivity contribution >= 4 is 5.97 Å². The average molecular weight is 256 g/mol. The zero-order valence-electron chi connectivity index (χ0n) is 11.6. The lowest BCUT2D eigenvalue weighted by Crippen LogP contribution is -2.07. The Bertz CT molecular complexity index is 184. The predicted octanol–water partition coefficient (Wildman–Crippen LogP) is 3.85. The summed E-state index contributed by atoms with van der Waals surface area (Å²) < 4.78 is 10.7. The lowest BCUT2D eigenvalue weighted by atomic mass is 10.1. The van der Waals surface area contributed by atoms with Gasteiger partial charge in [0, 0.05) is 19.6 Å². The molecule has 0 aromatic rings. The van der Waals surface area contributed by atoms with Crippen LogP contribution in [-0.2, 0) is 14.3 Å². The van der Waals surface area contributed by atoms with Gasteiger partial charge in [0.2, 0.25) is 0 Å². The Labute approximate surface area is 111 Å². The van der Waals surface area contributed by atoms with Gasteiger partial charge in [0.15, 0.2) is 0 Å². The van der Waals surface area contributed by atoms with Crippen LogP contribution >= 0.6 is 0 Å². The van der Waals surface area contributed by atoms with Crippen molar-refractivity contribution in [2.75, 3.05) is 19.8 Å². The highest BCUT2D eigenvalue weighted by molar-refractivity contribution is 5.69. The first-order valence-electron chi connectivity index (χ1n) is 7.63. The molecule has 0 aromatic heterocycles. The molecule has 106 valence electrons. The molecule has 1 aliphatic heterocycles. The van der Waals surface area contributed by atoms with Crippen molar-refractivity contribution in [2.24, 2.45) is 0 Å². The Morgan fingerprint density at radius 2 is 1.11 bits per heavy atom. The zero-order chi connectivity index (χ0) is 12.9. The van der Waals surface area contributed by atoms with E-state index in [-0.39, 0.29) is 5.97 Å². The van der Waals surface area contributed by atoms with E-state index in [0.717, 1.165) is 25.9 Å². The summed E-state index contributed by atoms with van der Waals surface area (Å²) in [7, 11) is 0. The van der Waals surface area contributed by atoms with Gasteiger partial charge in [-0.1, -0.05) is 44.9 Å². The van der Waals surface area contributed by atoms with Crippen LogP contribution < -0.4 is 0 Å². The highest BCUT2D eigenvalue weighted by atomic mass is 16.5. The second kappa shape index (κ2) is 11.5. The fourth-order valence-electron chi connectivity index (χ4n) is 2.22. The minimum absolute atomic E-state index is 0.0667. The Morgan fingerprint density at radius 3 is 1.78 bits per heavy atom. The standard InChI is InChI=1S/C15H28O3/c16-15-11-10-13-17-12-8-6-4-2-1-3-5-7-9-14-18-15/h1-14H2. The van der Waals surface area contributed by atoms with Gasteiger partial charge in [-0.05, 0) is 19.3 Å². The number of carbonyl (C=O) groups excluding carboxylic acids is 1. The average Bonchev–Trinajstić information content (AvgIpc) is 2.37. The number of cyclic esters (lactones) is 1. The molecular weight excluding hydrogens is 228 g/mol. The van der Waals surface area contributed by atoms with E-state index in [1.165, 1.54) is 44.9 Å². The molecule has 0 atom stereocenters. The fraction of sp³-hybridized carbons (Fsp3) is 0.933. The summed E-state index contributed by atoms with van der Waals surface area (Å²) in [5.74, 6) is -0.0667.